The van der Waals surface area contributed by atoms with Crippen molar-refractivity contribution in [1.82, 2.24) is 5.32 Å². The van der Waals surface area contributed by atoms with E-state index in [0.717, 1.165) is 44.2 Å². The van der Waals surface area contributed by atoms with Crippen molar-refractivity contribution in [3.63, 3.8) is 0 Å². The number of nitrogens with one attached hydrogen (secondary N) is 1. The van der Waals surface area contributed by atoms with Crippen molar-refractivity contribution in [1.29, 1.82) is 0 Å². The second-order valence-electron chi connectivity index (χ2n) is 5.64. The van der Waals surface area contributed by atoms with Crippen LogP contribution in [0.4, 0.5) is 13.2 Å². The summed E-state index contributed by atoms with van der Waals surface area (Å²) in [7, 11) is 0. The van der Waals surface area contributed by atoms with Gasteiger partial charge in [-0.2, -0.15) is 13.2 Å². The summed E-state index contributed by atoms with van der Waals surface area (Å²) in [6, 6.07) is 5.71. The largest absolute Gasteiger partial charge is 0.416 e. The smallest absolute Gasteiger partial charge is 0.307 e. The summed E-state index contributed by atoms with van der Waals surface area (Å²) in [5.41, 5.74) is 0.283. The molecule has 1 N–H and O–H groups in total. The van der Waals surface area contributed by atoms with Gasteiger partial charge in [-0.25, -0.2) is 0 Å². The Balaban J connectivity index is 2.29. The number of benzene rings is 1. The van der Waals surface area contributed by atoms with Crippen LogP contribution >= 0.6 is 0 Å². The van der Waals surface area contributed by atoms with Crippen LogP contribution in [0, 0.1) is 0 Å². The second-order valence-corrected chi connectivity index (χ2v) is 5.64. The molecule has 0 bridgehead atoms. The topological polar surface area (TPSA) is 12.0 Å². The van der Waals surface area contributed by atoms with Gasteiger partial charge < -0.3 is 5.32 Å². The molecule has 0 aliphatic carbocycles. The molecule has 1 aliphatic rings. The molecule has 0 aromatic heterocycles. The molecule has 1 fully saturated rings. The molecule has 1 nitrogen and oxygen atoms in total. The van der Waals surface area contributed by atoms with Crippen molar-refractivity contribution in [2.75, 3.05) is 6.54 Å². The average Bonchev–Trinajstić information content (AvgIpc) is 2.65. The molecule has 0 spiro atoms. The molecule has 112 valence electrons. The molecule has 1 heterocycles. The van der Waals surface area contributed by atoms with Gasteiger partial charge in [0.05, 0.1) is 5.56 Å². The van der Waals surface area contributed by atoms with E-state index in [1.807, 2.05) is 0 Å². The lowest BCUT2D eigenvalue weighted by atomic mass is 9.81. The Hall–Kier alpha value is -1.03. The number of hydrogen-bond acceptors (Lipinski definition) is 1. The van der Waals surface area contributed by atoms with Gasteiger partial charge in [0.1, 0.15) is 0 Å². The first-order valence-corrected chi connectivity index (χ1v) is 7.41. The van der Waals surface area contributed by atoms with E-state index in [-0.39, 0.29) is 5.54 Å². The van der Waals surface area contributed by atoms with Crippen LogP contribution in [0.1, 0.15) is 56.6 Å². The van der Waals surface area contributed by atoms with E-state index in [9.17, 15) is 13.2 Å². The van der Waals surface area contributed by atoms with Gasteiger partial charge in [-0.15, -0.1) is 0 Å². The molecule has 2 rings (SSSR count). The van der Waals surface area contributed by atoms with E-state index >= 15 is 0 Å². The molecule has 0 saturated carbocycles. The van der Waals surface area contributed by atoms with Gasteiger partial charge in [0, 0.05) is 5.54 Å². The van der Waals surface area contributed by atoms with E-state index in [1.165, 1.54) is 18.6 Å². The fraction of sp³-hybridized carbons (Fsp3) is 0.625. The molecule has 1 atom stereocenters. The Morgan fingerprint density at radius 3 is 2.40 bits per heavy atom. The van der Waals surface area contributed by atoms with Crippen LogP contribution in [0.3, 0.4) is 0 Å². The van der Waals surface area contributed by atoms with Crippen molar-refractivity contribution in [2.24, 2.45) is 0 Å². The Kier molecular flexibility index (Phi) is 4.74. The van der Waals surface area contributed by atoms with E-state index in [1.54, 1.807) is 12.1 Å². The summed E-state index contributed by atoms with van der Waals surface area (Å²) in [6.07, 6.45) is 2.21. The minimum atomic E-state index is -4.26. The van der Waals surface area contributed by atoms with Gasteiger partial charge in [0.15, 0.2) is 0 Å². The Morgan fingerprint density at radius 2 is 1.80 bits per heavy atom. The predicted octanol–water partition coefficient (Wildman–Crippen LogP) is 4.86. The first kappa shape index (κ1) is 15.4. The number of halogens is 3. The van der Waals surface area contributed by atoms with Gasteiger partial charge >= 0.3 is 6.18 Å². The normalized spacial score (nSPS) is 24.4. The van der Waals surface area contributed by atoms with E-state index < -0.39 is 11.7 Å². The molecular formula is C16H22F3N. The fourth-order valence-corrected chi connectivity index (χ4v) is 3.15. The summed E-state index contributed by atoms with van der Waals surface area (Å²) < 4.78 is 38.0. The number of alkyl halides is 3. The third kappa shape index (κ3) is 3.35. The molecular weight excluding hydrogens is 263 g/mol. The zero-order valence-electron chi connectivity index (χ0n) is 11.9. The lowest BCUT2D eigenvalue weighted by Gasteiger charge is -2.34. The first-order valence-electron chi connectivity index (χ1n) is 7.41. The third-order valence-corrected chi connectivity index (χ3v) is 4.19. The summed E-state index contributed by atoms with van der Waals surface area (Å²) in [4.78, 5) is 0. The quantitative estimate of drug-likeness (QED) is 0.836. The highest BCUT2D eigenvalue weighted by molar-refractivity contribution is 5.30. The van der Waals surface area contributed by atoms with Crippen LogP contribution in [0.25, 0.3) is 0 Å². The lowest BCUT2D eigenvalue weighted by Crippen LogP contribution is -2.41. The molecule has 20 heavy (non-hydrogen) atoms. The fourth-order valence-electron chi connectivity index (χ4n) is 3.15. The highest BCUT2D eigenvalue weighted by Gasteiger charge is 2.34. The van der Waals surface area contributed by atoms with Gasteiger partial charge in [-0.1, -0.05) is 38.3 Å². The SMILES string of the molecule is CCCC1(c2ccc(C(F)(F)F)cc2)CCCCCN1. The van der Waals surface area contributed by atoms with Crippen molar-refractivity contribution >= 4 is 0 Å². The summed E-state index contributed by atoms with van der Waals surface area (Å²) in [5, 5.41) is 3.59. The Labute approximate surface area is 118 Å². The zero-order chi connectivity index (χ0) is 14.6. The van der Waals surface area contributed by atoms with Gasteiger partial charge in [-0.3, -0.25) is 0 Å². The van der Waals surface area contributed by atoms with Crippen LogP contribution < -0.4 is 5.32 Å². The highest BCUT2D eigenvalue weighted by atomic mass is 19.4. The van der Waals surface area contributed by atoms with Gasteiger partial charge in [0.25, 0.3) is 0 Å². The van der Waals surface area contributed by atoms with Crippen molar-refractivity contribution in [3.05, 3.63) is 35.4 Å². The average molecular weight is 285 g/mol. The van der Waals surface area contributed by atoms with Crippen LogP contribution in [0.2, 0.25) is 0 Å². The standard InChI is InChI=1S/C16H22F3N/c1-2-10-15(11-4-3-5-12-20-15)13-6-8-14(9-7-13)16(17,18)19/h6-9,20H,2-5,10-12H2,1H3. The summed E-state index contributed by atoms with van der Waals surface area (Å²) in [6.45, 7) is 3.07. The van der Waals surface area contributed by atoms with Gasteiger partial charge in [-0.05, 0) is 43.5 Å². The minimum absolute atomic E-state index is 0.143. The van der Waals surface area contributed by atoms with Crippen LogP contribution in [0.15, 0.2) is 24.3 Å². The monoisotopic (exact) mass is 285 g/mol. The molecule has 1 aromatic carbocycles. The van der Waals surface area contributed by atoms with Gasteiger partial charge in [0.2, 0.25) is 0 Å². The van der Waals surface area contributed by atoms with Crippen molar-refractivity contribution in [3.8, 4) is 0 Å². The Morgan fingerprint density at radius 1 is 1.10 bits per heavy atom. The summed E-state index contributed by atoms with van der Waals surface area (Å²) in [5.74, 6) is 0. The molecule has 0 amide bonds. The molecule has 1 saturated heterocycles. The molecule has 1 aliphatic heterocycles. The highest BCUT2D eigenvalue weighted by Crippen LogP contribution is 2.36. The summed E-state index contributed by atoms with van der Waals surface area (Å²) >= 11 is 0. The minimum Gasteiger partial charge on any atom is -0.307 e. The van der Waals surface area contributed by atoms with Crippen LogP contribution in [-0.2, 0) is 11.7 Å². The lowest BCUT2D eigenvalue weighted by molar-refractivity contribution is -0.137. The molecule has 1 unspecified atom stereocenters. The second kappa shape index (κ2) is 6.17. The van der Waals surface area contributed by atoms with E-state index in [0.29, 0.717) is 0 Å². The van der Waals surface area contributed by atoms with Crippen LogP contribution in [0.5, 0.6) is 0 Å². The number of rotatable bonds is 3. The molecule has 0 radical (unpaired) electrons. The van der Waals surface area contributed by atoms with E-state index in [2.05, 4.69) is 12.2 Å². The van der Waals surface area contributed by atoms with Crippen molar-refractivity contribution < 1.29 is 13.2 Å². The molecule has 4 heteroatoms. The number of hydrogen-bond donors (Lipinski definition) is 1. The predicted molar refractivity (Wildman–Crippen MR) is 74.5 cm³/mol. The van der Waals surface area contributed by atoms with Crippen molar-refractivity contribution in [2.45, 2.75) is 57.2 Å². The first-order chi connectivity index (χ1) is 9.48. The maximum Gasteiger partial charge on any atom is 0.416 e. The molecule has 1 aromatic rings. The van der Waals surface area contributed by atoms with Crippen LogP contribution in [-0.4, -0.2) is 6.54 Å². The van der Waals surface area contributed by atoms with E-state index in [4.69, 9.17) is 0 Å². The maximum absolute atomic E-state index is 12.7. The Bertz CT molecular complexity index is 414. The third-order valence-electron chi connectivity index (χ3n) is 4.19. The zero-order valence-corrected chi connectivity index (χ0v) is 11.9. The maximum atomic E-state index is 12.7.